The molecule has 0 aliphatic carbocycles. The maximum atomic E-state index is 11.8. The number of nitrogens with one attached hydrogen (secondary N) is 1. The maximum Gasteiger partial charge on any atom is 0.416 e. The average Bonchev–Trinajstić information content (AvgIpc) is 2.86. The van der Waals surface area contributed by atoms with Gasteiger partial charge in [-0.3, -0.25) is 9.63 Å². The largest absolute Gasteiger partial charge is 0.447 e. The summed E-state index contributed by atoms with van der Waals surface area (Å²) in [7, 11) is 0. The van der Waals surface area contributed by atoms with Gasteiger partial charge in [-0.1, -0.05) is 30.3 Å². The number of hydrogen-bond donors (Lipinski definition) is 1. The maximum absolute atomic E-state index is 11.8. The van der Waals surface area contributed by atoms with Crippen molar-refractivity contribution in [3.8, 4) is 0 Å². The minimum absolute atomic E-state index is 0.181. The zero-order chi connectivity index (χ0) is 14.4. The van der Waals surface area contributed by atoms with E-state index in [1.165, 1.54) is 0 Å². The molecule has 1 aromatic carbocycles. The summed E-state index contributed by atoms with van der Waals surface area (Å²) >= 11 is 0. The van der Waals surface area contributed by atoms with Crippen LogP contribution < -0.4 is 5.48 Å². The second-order valence-corrected chi connectivity index (χ2v) is 4.66. The third kappa shape index (κ3) is 4.04. The van der Waals surface area contributed by atoms with Gasteiger partial charge in [0.25, 0.3) is 0 Å². The van der Waals surface area contributed by atoms with E-state index in [9.17, 15) is 9.59 Å². The van der Waals surface area contributed by atoms with Crippen molar-refractivity contribution in [2.75, 3.05) is 13.2 Å². The van der Waals surface area contributed by atoms with Gasteiger partial charge in [0.05, 0.1) is 13.2 Å². The molecule has 1 unspecified atom stereocenters. The fourth-order valence-electron chi connectivity index (χ4n) is 1.88. The zero-order valence-corrected chi connectivity index (χ0v) is 11.4. The number of hydrogen-bond acceptors (Lipinski definition) is 5. The van der Waals surface area contributed by atoms with Gasteiger partial charge in [0.15, 0.2) is 0 Å². The third-order valence-corrected chi connectivity index (χ3v) is 2.91. The quantitative estimate of drug-likeness (QED) is 0.798. The van der Waals surface area contributed by atoms with Gasteiger partial charge in [-0.05, 0) is 12.5 Å². The predicted octanol–water partition coefficient (Wildman–Crippen LogP) is 1.47. The molecule has 1 saturated heterocycles. The number of imide groups is 1. The lowest BCUT2D eigenvalue weighted by molar-refractivity contribution is -0.129. The van der Waals surface area contributed by atoms with Crippen molar-refractivity contribution in [1.29, 1.82) is 0 Å². The molecule has 2 amide bonds. The van der Waals surface area contributed by atoms with Crippen molar-refractivity contribution in [1.82, 2.24) is 10.4 Å². The highest BCUT2D eigenvalue weighted by Crippen LogP contribution is 2.07. The van der Waals surface area contributed by atoms with Crippen LogP contribution in [0.3, 0.4) is 0 Å². The fraction of sp³-hybridized carbons (Fsp3) is 0.429. The lowest BCUT2D eigenvalue weighted by atomic mass is 10.2. The van der Waals surface area contributed by atoms with E-state index in [1.54, 1.807) is 0 Å². The van der Waals surface area contributed by atoms with E-state index in [0.717, 1.165) is 10.5 Å². The number of hydroxylamine groups is 1. The number of amides is 2. The number of benzene rings is 1. The van der Waals surface area contributed by atoms with Crippen molar-refractivity contribution in [3.63, 3.8) is 0 Å². The normalized spacial score (nSPS) is 16.1. The molecule has 20 heavy (non-hydrogen) atoms. The monoisotopic (exact) mass is 278 g/mol. The lowest BCUT2D eigenvalue weighted by Gasteiger charge is -2.16. The summed E-state index contributed by atoms with van der Waals surface area (Å²) in [5.74, 6) is -0.254. The van der Waals surface area contributed by atoms with Gasteiger partial charge in [-0.15, -0.1) is 0 Å². The van der Waals surface area contributed by atoms with Crippen LogP contribution in [-0.4, -0.2) is 36.1 Å². The Labute approximate surface area is 117 Å². The van der Waals surface area contributed by atoms with Crippen LogP contribution in [0.1, 0.15) is 18.9 Å². The predicted molar refractivity (Wildman–Crippen MR) is 71.5 cm³/mol. The van der Waals surface area contributed by atoms with Crippen LogP contribution in [0.15, 0.2) is 30.3 Å². The summed E-state index contributed by atoms with van der Waals surface area (Å²) in [4.78, 5) is 29.5. The van der Waals surface area contributed by atoms with Gasteiger partial charge in [0.2, 0.25) is 5.91 Å². The Hall–Kier alpha value is -1.92. The van der Waals surface area contributed by atoms with Gasteiger partial charge in [-0.2, -0.15) is 5.48 Å². The van der Waals surface area contributed by atoms with Crippen LogP contribution >= 0.6 is 0 Å². The van der Waals surface area contributed by atoms with E-state index in [4.69, 9.17) is 9.57 Å². The van der Waals surface area contributed by atoms with Gasteiger partial charge < -0.3 is 4.74 Å². The molecule has 0 aromatic heterocycles. The van der Waals surface area contributed by atoms with E-state index in [2.05, 4.69) is 5.48 Å². The summed E-state index contributed by atoms with van der Waals surface area (Å²) < 4.78 is 4.72. The molecule has 6 heteroatoms. The Bertz CT molecular complexity index is 464. The fourth-order valence-corrected chi connectivity index (χ4v) is 1.88. The number of rotatable bonds is 6. The second-order valence-electron chi connectivity index (χ2n) is 4.66. The van der Waals surface area contributed by atoms with Gasteiger partial charge >= 0.3 is 6.09 Å². The summed E-state index contributed by atoms with van der Waals surface area (Å²) in [6.07, 6.45) is -0.378. The molecule has 1 atom stereocenters. The molecule has 2 rings (SSSR count). The number of carbonyl (C=O) groups excluding carboxylic acids is 2. The van der Waals surface area contributed by atoms with E-state index in [0.29, 0.717) is 13.2 Å². The first-order valence-electron chi connectivity index (χ1n) is 6.55. The van der Waals surface area contributed by atoms with Crippen LogP contribution in [0, 0.1) is 0 Å². The Morgan fingerprint density at radius 1 is 1.45 bits per heavy atom. The third-order valence-electron chi connectivity index (χ3n) is 2.91. The minimum Gasteiger partial charge on any atom is -0.447 e. The van der Waals surface area contributed by atoms with Crippen molar-refractivity contribution in [2.24, 2.45) is 0 Å². The van der Waals surface area contributed by atoms with Crippen molar-refractivity contribution in [2.45, 2.75) is 26.0 Å². The van der Waals surface area contributed by atoms with Crippen LogP contribution in [0.5, 0.6) is 0 Å². The van der Waals surface area contributed by atoms with E-state index in [1.807, 2.05) is 37.3 Å². The Balaban J connectivity index is 1.68. The molecule has 1 N–H and O–H groups in total. The van der Waals surface area contributed by atoms with Crippen molar-refractivity contribution < 1.29 is 19.2 Å². The van der Waals surface area contributed by atoms with Crippen LogP contribution in [0.2, 0.25) is 0 Å². The molecule has 1 aliphatic rings. The minimum atomic E-state index is -0.563. The number of cyclic esters (lactones) is 1. The highest BCUT2D eigenvalue weighted by molar-refractivity contribution is 5.93. The summed E-state index contributed by atoms with van der Waals surface area (Å²) in [5, 5.41) is 0. The first kappa shape index (κ1) is 14.5. The molecular weight excluding hydrogens is 260 g/mol. The molecule has 0 saturated carbocycles. The summed E-state index contributed by atoms with van der Waals surface area (Å²) in [6, 6.07) is 9.54. The van der Waals surface area contributed by atoms with Gasteiger partial charge in [0, 0.05) is 12.5 Å². The first-order chi connectivity index (χ1) is 9.66. The smallest absolute Gasteiger partial charge is 0.416 e. The summed E-state index contributed by atoms with van der Waals surface area (Å²) in [6.45, 7) is 2.85. The molecule has 1 fully saturated rings. The van der Waals surface area contributed by atoms with Gasteiger partial charge in [-0.25, -0.2) is 9.69 Å². The molecule has 0 radical (unpaired) electrons. The Kier molecular flexibility index (Phi) is 5.09. The van der Waals surface area contributed by atoms with E-state index < -0.39 is 6.09 Å². The number of nitrogens with zero attached hydrogens (tertiary/aromatic N) is 1. The standard InChI is InChI=1S/C14H18N2O4/c1-11(9-13(17)16-7-8-19-14(16)18)15-20-10-12-5-3-2-4-6-12/h2-6,11,15H,7-10H2,1H3. The van der Waals surface area contributed by atoms with Crippen molar-refractivity contribution in [3.05, 3.63) is 35.9 Å². The molecule has 6 nitrogen and oxygen atoms in total. The van der Waals surface area contributed by atoms with Crippen molar-refractivity contribution >= 4 is 12.0 Å². The Morgan fingerprint density at radius 2 is 2.20 bits per heavy atom. The number of ether oxygens (including phenoxy) is 1. The zero-order valence-electron chi connectivity index (χ0n) is 11.4. The molecular formula is C14H18N2O4. The van der Waals surface area contributed by atoms with Crippen LogP contribution in [0.25, 0.3) is 0 Å². The molecule has 108 valence electrons. The number of carbonyl (C=O) groups is 2. The first-order valence-corrected chi connectivity index (χ1v) is 6.55. The molecule has 0 bridgehead atoms. The second kappa shape index (κ2) is 7.02. The van der Waals surface area contributed by atoms with E-state index >= 15 is 0 Å². The van der Waals surface area contributed by atoms with Crippen LogP contribution in [-0.2, 0) is 21.0 Å². The van der Waals surface area contributed by atoms with Gasteiger partial charge in [0.1, 0.15) is 6.61 Å². The molecule has 1 aliphatic heterocycles. The molecule has 0 spiro atoms. The average molecular weight is 278 g/mol. The topological polar surface area (TPSA) is 67.9 Å². The molecule has 1 heterocycles. The highest BCUT2D eigenvalue weighted by Gasteiger charge is 2.28. The molecule has 1 aromatic rings. The SMILES string of the molecule is CC(CC(=O)N1CCOC1=O)NOCc1ccccc1. The van der Waals surface area contributed by atoms with Crippen LogP contribution in [0.4, 0.5) is 4.79 Å². The lowest BCUT2D eigenvalue weighted by Crippen LogP contribution is -2.37. The van der Waals surface area contributed by atoms with E-state index in [-0.39, 0.29) is 25.0 Å². The Morgan fingerprint density at radius 3 is 2.85 bits per heavy atom. The summed E-state index contributed by atoms with van der Waals surface area (Å²) in [5.41, 5.74) is 3.84. The highest BCUT2D eigenvalue weighted by atomic mass is 16.6.